The molecule has 206 valence electrons. The maximum Gasteiger partial charge on any atom is 0.573 e. The van der Waals surface area contributed by atoms with Gasteiger partial charge in [0.05, 0.1) is 23.1 Å². The minimum absolute atomic E-state index is 0.00752. The van der Waals surface area contributed by atoms with E-state index in [4.69, 9.17) is 4.74 Å². The zero-order valence-corrected chi connectivity index (χ0v) is 22.1. The summed E-state index contributed by atoms with van der Waals surface area (Å²) in [7, 11) is 4.71. The van der Waals surface area contributed by atoms with Crippen LogP contribution in [-0.4, -0.2) is 62.3 Å². The Hall–Kier alpha value is -4.55. The first-order valence-corrected chi connectivity index (χ1v) is 11.7. The van der Waals surface area contributed by atoms with Gasteiger partial charge in [0.2, 0.25) is 0 Å². The second-order valence-corrected chi connectivity index (χ2v) is 9.96. The van der Waals surface area contributed by atoms with E-state index in [1.54, 1.807) is 51.0 Å². The highest BCUT2D eigenvalue weighted by molar-refractivity contribution is 5.97. The van der Waals surface area contributed by atoms with Gasteiger partial charge in [0.25, 0.3) is 5.91 Å². The van der Waals surface area contributed by atoms with Crippen LogP contribution in [0.25, 0.3) is 22.2 Å². The van der Waals surface area contributed by atoms with Crippen LogP contribution < -0.4 is 10.1 Å². The van der Waals surface area contributed by atoms with Gasteiger partial charge in [-0.05, 0) is 45.0 Å². The molecular formula is C26H27F3N6O4. The molecular weight excluding hydrogens is 517 g/mol. The zero-order valence-electron chi connectivity index (χ0n) is 22.1. The van der Waals surface area contributed by atoms with Gasteiger partial charge in [-0.25, -0.2) is 14.3 Å². The van der Waals surface area contributed by atoms with Crippen molar-refractivity contribution < 1.29 is 32.2 Å². The fourth-order valence-corrected chi connectivity index (χ4v) is 3.80. The van der Waals surface area contributed by atoms with Crippen LogP contribution in [0.15, 0.2) is 48.9 Å². The molecule has 0 unspecified atom stereocenters. The quantitative estimate of drug-likeness (QED) is 0.351. The van der Waals surface area contributed by atoms with Crippen LogP contribution in [-0.2, 0) is 11.8 Å². The van der Waals surface area contributed by atoms with Crippen molar-refractivity contribution in [3.63, 3.8) is 0 Å². The molecule has 0 spiro atoms. The lowest BCUT2D eigenvalue weighted by molar-refractivity contribution is -0.274. The number of alkyl halides is 3. The molecule has 3 heterocycles. The molecule has 0 aliphatic heterocycles. The first-order valence-electron chi connectivity index (χ1n) is 11.7. The van der Waals surface area contributed by atoms with Gasteiger partial charge in [-0.2, -0.15) is 5.10 Å². The number of carbonyl (C=O) groups is 2. The van der Waals surface area contributed by atoms with Crippen molar-refractivity contribution in [1.82, 2.24) is 24.2 Å². The molecule has 0 atom stereocenters. The first kappa shape index (κ1) is 27.5. The summed E-state index contributed by atoms with van der Waals surface area (Å²) in [5, 5.41) is 7.57. The van der Waals surface area contributed by atoms with Crippen molar-refractivity contribution >= 4 is 34.4 Å². The number of carbonyl (C=O) groups excluding carboxylic acids is 2. The Morgan fingerprint density at radius 3 is 2.36 bits per heavy atom. The molecule has 1 amide bonds. The van der Waals surface area contributed by atoms with Crippen LogP contribution in [0.3, 0.4) is 0 Å². The van der Waals surface area contributed by atoms with E-state index in [2.05, 4.69) is 20.1 Å². The second-order valence-electron chi connectivity index (χ2n) is 9.96. The normalized spacial score (nSPS) is 11.9. The monoisotopic (exact) mass is 544 g/mol. The molecule has 39 heavy (non-hydrogen) atoms. The predicted octanol–water partition coefficient (Wildman–Crippen LogP) is 5.56. The molecule has 0 saturated heterocycles. The molecule has 4 rings (SSSR count). The van der Waals surface area contributed by atoms with E-state index in [1.807, 2.05) is 0 Å². The lowest BCUT2D eigenvalue weighted by atomic mass is 10.1. The molecule has 0 aliphatic rings. The molecule has 13 heteroatoms. The number of aryl methyl sites for hydroxylation is 1. The molecule has 3 aromatic heterocycles. The summed E-state index contributed by atoms with van der Waals surface area (Å²) in [6, 6.07) is 6.91. The van der Waals surface area contributed by atoms with E-state index in [9.17, 15) is 22.8 Å². The number of aromatic nitrogens is 4. The maximum absolute atomic E-state index is 13.3. The highest BCUT2D eigenvalue weighted by atomic mass is 19.4. The number of anilines is 2. The molecule has 0 radical (unpaired) electrons. The standard InChI is InChI=1S/C26H27F3N6O4/c1-25(2,3)39-24(37)35-19(17-13-31-34(6)14-17)9-16-12-30-22(11-20(16)35)32-18-8-7-15(23(36)33(4)5)10-21(18)38-26(27,28)29/h7-14H,1-6H3,(H,30,32). The Morgan fingerprint density at radius 2 is 1.77 bits per heavy atom. The van der Waals surface area contributed by atoms with Gasteiger partial charge >= 0.3 is 12.5 Å². The Labute approximate surface area is 221 Å². The van der Waals surface area contributed by atoms with E-state index in [0.29, 0.717) is 22.2 Å². The van der Waals surface area contributed by atoms with Gasteiger partial charge in [-0.15, -0.1) is 13.2 Å². The van der Waals surface area contributed by atoms with Crippen molar-refractivity contribution in [1.29, 1.82) is 0 Å². The van der Waals surface area contributed by atoms with Crippen molar-refractivity contribution in [2.75, 3.05) is 19.4 Å². The molecule has 0 fully saturated rings. The third kappa shape index (κ3) is 6.30. The highest BCUT2D eigenvalue weighted by Crippen LogP contribution is 2.35. The fourth-order valence-electron chi connectivity index (χ4n) is 3.80. The van der Waals surface area contributed by atoms with Gasteiger partial charge in [-0.1, -0.05) is 0 Å². The van der Waals surface area contributed by atoms with Crippen LogP contribution in [0.2, 0.25) is 0 Å². The van der Waals surface area contributed by atoms with E-state index in [1.165, 1.54) is 48.0 Å². The summed E-state index contributed by atoms with van der Waals surface area (Å²) >= 11 is 0. The number of nitrogens with zero attached hydrogens (tertiary/aromatic N) is 5. The van der Waals surface area contributed by atoms with Gasteiger partial charge in [-0.3, -0.25) is 9.48 Å². The highest BCUT2D eigenvalue weighted by Gasteiger charge is 2.33. The fraction of sp³-hybridized carbons (Fsp3) is 0.308. The van der Waals surface area contributed by atoms with Crippen molar-refractivity contribution in [3.8, 4) is 17.0 Å². The summed E-state index contributed by atoms with van der Waals surface area (Å²) in [6.45, 7) is 5.21. The number of fused-ring (bicyclic) bond motifs is 1. The number of ether oxygens (including phenoxy) is 2. The number of halogens is 3. The Morgan fingerprint density at radius 1 is 1.05 bits per heavy atom. The number of benzene rings is 1. The Kier molecular flexibility index (Phi) is 7.02. The molecule has 0 bridgehead atoms. The van der Waals surface area contributed by atoms with Crippen LogP contribution in [0, 0.1) is 0 Å². The van der Waals surface area contributed by atoms with Gasteiger partial charge in [0.15, 0.2) is 5.75 Å². The van der Waals surface area contributed by atoms with Crippen molar-refractivity contribution in [3.05, 3.63) is 54.5 Å². The molecule has 1 N–H and O–H groups in total. The average molecular weight is 545 g/mol. The summed E-state index contributed by atoms with van der Waals surface area (Å²) in [6.07, 6.45) is -0.844. The largest absolute Gasteiger partial charge is 0.573 e. The summed E-state index contributed by atoms with van der Waals surface area (Å²) in [4.78, 5) is 31.1. The number of hydrogen-bond acceptors (Lipinski definition) is 7. The van der Waals surface area contributed by atoms with Crippen molar-refractivity contribution in [2.24, 2.45) is 7.05 Å². The van der Waals surface area contributed by atoms with E-state index in [-0.39, 0.29) is 17.1 Å². The molecule has 4 aromatic rings. The summed E-state index contributed by atoms with van der Waals surface area (Å²) < 4.78 is 52.3. The third-order valence-electron chi connectivity index (χ3n) is 5.39. The van der Waals surface area contributed by atoms with Gasteiger partial charge < -0.3 is 19.7 Å². The average Bonchev–Trinajstić information content (AvgIpc) is 3.40. The summed E-state index contributed by atoms with van der Waals surface area (Å²) in [5.41, 5.74) is 0.683. The summed E-state index contributed by atoms with van der Waals surface area (Å²) in [5.74, 6) is -0.983. The van der Waals surface area contributed by atoms with E-state index in [0.717, 1.165) is 6.07 Å². The predicted molar refractivity (Wildman–Crippen MR) is 138 cm³/mol. The van der Waals surface area contributed by atoms with Gasteiger partial charge in [0.1, 0.15) is 11.4 Å². The Balaban J connectivity index is 1.80. The molecule has 0 saturated carbocycles. The van der Waals surface area contributed by atoms with Crippen LogP contribution in [0.4, 0.5) is 29.5 Å². The minimum atomic E-state index is -5.00. The van der Waals surface area contributed by atoms with E-state index < -0.39 is 29.7 Å². The first-order chi connectivity index (χ1) is 18.1. The second kappa shape index (κ2) is 9.97. The van der Waals surface area contributed by atoms with Gasteiger partial charge in [0, 0.05) is 56.1 Å². The van der Waals surface area contributed by atoms with Crippen LogP contribution >= 0.6 is 0 Å². The number of amides is 1. The minimum Gasteiger partial charge on any atom is -0.443 e. The van der Waals surface area contributed by atoms with Crippen molar-refractivity contribution in [2.45, 2.75) is 32.7 Å². The lowest BCUT2D eigenvalue weighted by Crippen LogP contribution is -2.27. The number of nitrogens with one attached hydrogen (secondary N) is 1. The topological polar surface area (TPSA) is 104 Å². The third-order valence-corrected chi connectivity index (χ3v) is 5.39. The number of hydrogen-bond donors (Lipinski definition) is 1. The van der Waals surface area contributed by atoms with E-state index >= 15 is 0 Å². The van der Waals surface area contributed by atoms with Crippen LogP contribution in [0.5, 0.6) is 5.75 Å². The molecule has 1 aromatic carbocycles. The maximum atomic E-state index is 13.3. The lowest BCUT2D eigenvalue weighted by Gasteiger charge is -2.21. The van der Waals surface area contributed by atoms with Crippen LogP contribution in [0.1, 0.15) is 31.1 Å². The Bertz CT molecular complexity index is 1550. The molecule has 10 nitrogen and oxygen atoms in total. The number of pyridine rings is 1. The number of rotatable bonds is 5. The smallest absolute Gasteiger partial charge is 0.443 e. The zero-order chi connectivity index (χ0) is 28.7. The molecule has 0 aliphatic carbocycles. The SMILES string of the molecule is CN(C)C(=O)c1ccc(Nc2cc3c(cn2)cc(-c2cnn(C)c2)n3C(=O)OC(C)(C)C)c(OC(F)(F)F)c1.